The van der Waals surface area contributed by atoms with Crippen molar-refractivity contribution in [3.63, 3.8) is 0 Å². The molecule has 170 valence electrons. The summed E-state index contributed by atoms with van der Waals surface area (Å²) in [6, 6.07) is 10.7. The van der Waals surface area contributed by atoms with E-state index >= 15 is 0 Å². The Balaban J connectivity index is 1.50. The monoisotopic (exact) mass is 444 g/mol. The van der Waals surface area contributed by atoms with Crippen LogP contribution in [0, 0.1) is 24.2 Å². The Labute approximate surface area is 193 Å². The van der Waals surface area contributed by atoms with E-state index < -0.39 is 0 Å². The second kappa shape index (κ2) is 9.43. The van der Waals surface area contributed by atoms with Gasteiger partial charge in [-0.3, -0.25) is 14.7 Å². The molecule has 0 aliphatic carbocycles. The number of carbonyl (C=O) groups excluding carboxylic acids is 1. The molecule has 1 aliphatic rings. The van der Waals surface area contributed by atoms with E-state index in [-0.39, 0.29) is 11.5 Å². The molecule has 1 aliphatic heterocycles. The Kier molecular flexibility index (Phi) is 6.43. The van der Waals surface area contributed by atoms with E-state index in [1.165, 1.54) is 10.9 Å². The molecule has 0 radical (unpaired) electrons. The fourth-order valence-electron chi connectivity index (χ4n) is 4.53. The van der Waals surface area contributed by atoms with Crippen molar-refractivity contribution in [1.29, 1.82) is 5.26 Å². The van der Waals surface area contributed by atoms with Crippen molar-refractivity contribution in [1.82, 2.24) is 24.6 Å². The zero-order chi connectivity index (χ0) is 23.5. The molecule has 0 spiro atoms. The molecule has 8 nitrogen and oxygen atoms in total. The molecule has 2 aromatic heterocycles. The molecular formula is C25H28N6O2. The predicted octanol–water partition coefficient (Wildman–Crippen LogP) is 2.82. The van der Waals surface area contributed by atoms with Gasteiger partial charge in [0, 0.05) is 32.5 Å². The average molecular weight is 445 g/mol. The van der Waals surface area contributed by atoms with Crippen LogP contribution in [0.15, 0.2) is 47.5 Å². The number of nitrogens with one attached hydrogen (secondary N) is 1. The minimum Gasteiger partial charge on any atom is -0.341 e. The lowest BCUT2D eigenvalue weighted by atomic mass is 9.98. The summed E-state index contributed by atoms with van der Waals surface area (Å²) in [5, 5.41) is 12.0. The summed E-state index contributed by atoms with van der Waals surface area (Å²) in [7, 11) is 3.94. The lowest BCUT2D eigenvalue weighted by Crippen LogP contribution is -2.40. The van der Waals surface area contributed by atoms with Gasteiger partial charge in [0.1, 0.15) is 0 Å². The maximum atomic E-state index is 13.0. The molecule has 1 amide bonds. The van der Waals surface area contributed by atoms with E-state index in [2.05, 4.69) is 28.1 Å². The van der Waals surface area contributed by atoms with E-state index in [0.717, 1.165) is 37.1 Å². The molecule has 1 atom stereocenters. The first-order valence-corrected chi connectivity index (χ1v) is 11.1. The number of nitriles is 1. The lowest BCUT2D eigenvalue weighted by Gasteiger charge is -2.32. The summed E-state index contributed by atoms with van der Waals surface area (Å²) < 4.78 is 1.35. The number of aromatic amines is 1. The number of rotatable bonds is 5. The van der Waals surface area contributed by atoms with Crippen LogP contribution in [0.2, 0.25) is 0 Å². The van der Waals surface area contributed by atoms with E-state index in [1.54, 1.807) is 41.4 Å². The van der Waals surface area contributed by atoms with Crippen LogP contribution in [0.25, 0.3) is 16.9 Å². The van der Waals surface area contributed by atoms with Gasteiger partial charge in [-0.15, -0.1) is 0 Å². The predicted molar refractivity (Wildman–Crippen MR) is 126 cm³/mol. The van der Waals surface area contributed by atoms with Crippen molar-refractivity contribution < 1.29 is 4.79 Å². The standard InChI is InChI=1S/C25H28N6O2/c1-17-11-18(12-26)6-8-21(17)22-14-28-31(25(22)33)23-9-7-20(13-27-23)24(32)30(3)16-19-5-4-10-29(2)15-19/h6-9,11,13-14,19,28H,4-5,10,15-16H2,1-3H3. The van der Waals surface area contributed by atoms with Crippen LogP contribution in [0.5, 0.6) is 0 Å². The van der Waals surface area contributed by atoms with Crippen molar-refractivity contribution in [3.05, 3.63) is 69.8 Å². The van der Waals surface area contributed by atoms with E-state index in [9.17, 15) is 9.59 Å². The highest BCUT2D eigenvalue weighted by molar-refractivity contribution is 5.93. The zero-order valence-corrected chi connectivity index (χ0v) is 19.2. The first-order valence-electron chi connectivity index (χ1n) is 11.1. The van der Waals surface area contributed by atoms with Crippen LogP contribution in [-0.4, -0.2) is 64.2 Å². The number of benzene rings is 1. The van der Waals surface area contributed by atoms with Gasteiger partial charge < -0.3 is 9.80 Å². The average Bonchev–Trinajstić information content (AvgIpc) is 3.19. The second-order valence-corrected chi connectivity index (χ2v) is 8.83. The molecule has 1 aromatic carbocycles. The summed E-state index contributed by atoms with van der Waals surface area (Å²) in [6.07, 6.45) is 5.44. The van der Waals surface area contributed by atoms with Crippen molar-refractivity contribution in [2.75, 3.05) is 33.7 Å². The summed E-state index contributed by atoms with van der Waals surface area (Å²) >= 11 is 0. The van der Waals surface area contributed by atoms with Gasteiger partial charge in [0.15, 0.2) is 5.82 Å². The molecule has 1 fully saturated rings. The number of hydrogen-bond donors (Lipinski definition) is 1. The van der Waals surface area contributed by atoms with E-state index in [4.69, 9.17) is 5.26 Å². The largest absolute Gasteiger partial charge is 0.341 e. The number of aromatic nitrogens is 3. The number of H-pyrrole nitrogens is 1. The number of pyridine rings is 1. The highest BCUT2D eigenvalue weighted by Crippen LogP contribution is 2.22. The van der Waals surface area contributed by atoms with Gasteiger partial charge in [-0.1, -0.05) is 6.07 Å². The summed E-state index contributed by atoms with van der Waals surface area (Å²) in [5.74, 6) is 0.812. The fourth-order valence-corrected chi connectivity index (χ4v) is 4.53. The maximum absolute atomic E-state index is 13.0. The third-order valence-electron chi connectivity index (χ3n) is 6.24. The van der Waals surface area contributed by atoms with Crippen LogP contribution in [0.1, 0.15) is 34.3 Å². The molecule has 1 saturated heterocycles. The van der Waals surface area contributed by atoms with Crippen LogP contribution in [0.3, 0.4) is 0 Å². The van der Waals surface area contributed by atoms with Crippen molar-refractivity contribution in [2.45, 2.75) is 19.8 Å². The molecular weight excluding hydrogens is 416 g/mol. The molecule has 33 heavy (non-hydrogen) atoms. The number of nitrogens with zero attached hydrogens (tertiary/aromatic N) is 5. The molecule has 1 unspecified atom stereocenters. The van der Waals surface area contributed by atoms with E-state index in [0.29, 0.717) is 35.0 Å². The van der Waals surface area contributed by atoms with Crippen molar-refractivity contribution >= 4 is 5.91 Å². The van der Waals surface area contributed by atoms with Crippen molar-refractivity contribution in [2.24, 2.45) is 5.92 Å². The lowest BCUT2D eigenvalue weighted by molar-refractivity contribution is 0.0740. The minimum atomic E-state index is -0.243. The molecule has 8 heteroatoms. The number of aryl methyl sites for hydroxylation is 1. The van der Waals surface area contributed by atoms with Crippen LogP contribution in [0.4, 0.5) is 0 Å². The van der Waals surface area contributed by atoms with E-state index in [1.807, 2.05) is 14.0 Å². The minimum absolute atomic E-state index is 0.0741. The van der Waals surface area contributed by atoms with Crippen LogP contribution < -0.4 is 5.56 Å². The smallest absolute Gasteiger partial charge is 0.280 e. The molecule has 0 saturated carbocycles. The highest BCUT2D eigenvalue weighted by atomic mass is 16.2. The summed E-state index contributed by atoms with van der Waals surface area (Å²) in [6.45, 7) is 4.71. The highest BCUT2D eigenvalue weighted by Gasteiger charge is 2.22. The SMILES string of the molecule is Cc1cc(C#N)ccc1-c1c[nH]n(-c2ccc(C(=O)N(C)CC3CCCN(C)C3)cn2)c1=O. The van der Waals surface area contributed by atoms with Gasteiger partial charge in [-0.2, -0.15) is 5.26 Å². The third kappa shape index (κ3) is 4.73. The van der Waals surface area contributed by atoms with Gasteiger partial charge in [0.2, 0.25) is 0 Å². The summed E-state index contributed by atoms with van der Waals surface area (Å²) in [4.78, 5) is 34.3. The molecule has 4 rings (SSSR count). The number of amides is 1. The quantitative estimate of drug-likeness (QED) is 0.653. The van der Waals surface area contributed by atoms with Gasteiger partial charge in [-0.05, 0) is 74.7 Å². The fraction of sp³-hybridized carbons (Fsp3) is 0.360. The second-order valence-electron chi connectivity index (χ2n) is 8.83. The number of likely N-dealkylation sites (tertiary alicyclic amines) is 1. The molecule has 3 aromatic rings. The normalized spacial score (nSPS) is 16.4. The number of hydrogen-bond acceptors (Lipinski definition) is 5. The zero-order valence-electron chi connectivity index (χ0n) is 19.2. The van der Waals surface area contributed by atoms with Gasteiger partial charge >= 0.3 is 0 Å². The Hall–Kier alpha value is -3.70. The van der Waals surface area contributed by atoms with Crippen molar-refractivity contribution in [3.8, 4) is 23.0 Å². The first kappa shape index (κ1) is 22.5. The Morgan fingerprint density at radius 1 is 1.30 bits per heavy atom. The van der Waals surface area contributed by atoms with Crippen LogP contribution >= 0.6 is 0 Å². The first-order chi connectivity index (χ1) is 15.9. The topological polar surface area (TPSA) is 98.0 Å². The van der Waals surface area contributed by atoms with Crippen LogP contribution in [-0.2, 0) is 0 Å². The van der Waals surface area contributed by atoms with Gasteiger partial charge in [-0.25, -0.2) is 9.67 Å². The molecule has 1 N–H and O–H groups in total. The Morgan fingerprint density at radius 3 is 2.79 bits per heavy atom. The van der Waals surface area contributed by atoms with Gasteiger partial charge in [0.05, 0.1) is 22.8 Å². The number of piperidine rings is 1. The number of carbonyl (C=O) groups is 1. The summed E-state index contributed by atoms with van der Waals surface area (Å²) in [5.41, 5.74) is 2.90. The third-order valence-corrected chi connectivity index (χ3v) is 6.24. The van der Waals surface area contributed by atoms with Gasteiger partial charge in [0.25, 0.3) is 11.5 Å². The Bertz CT molecular complexity index is 1250. The Morgan fingerprint density at radius 2 is 2.12 bits per heavy atom. The molecule has 0 bridgehead atoms. The maximum Gasteiger partial charge on any atom is 0.280 e. The molecule has 3 heterocycles.